The highest BCUT2D eigenvalue weighted by Gasteiger charge is 2.60. The van der Waals surface area contributed by atoms with Gasteiger partial charge in [0.25, 0.3) is 0 Å². The number of rotatable bonds is 12. The third-order valence-electron chi connectivity index (χ3n) is 17.2. The number of hydrogen-bond donors (Lipinski definition) is 23. The maximum atomic E-state index is 14.0. The summed E-state index contributed by atoms with van der Waals surface area (Å²) >= 11 is 0. The molecule has 0 spiro atoms. The molecule has 1 aromatic rings. The fraction of sp³-hybridized carbons (Fsp3) is 0.849. The van der Waals surface area contributed by atoms with Crippen molar-refractivity contribution in [3.05, 3.63) is 29.8 Å². The Hall–Kier alpha value is -3.40. The van der Waals surface area contributed by atoms with Crippen LogP contribution < -0.4 is 10.6 Å². The van der Waals surface area contributed by atoms with Gasteiger partial charge < -0.3 is 184 Å². The minimum absolute atomic E-state index is 0.112. The van der Waals surface area contributed by atoms with Gasteiger partial charge in [-0.05, 0) is 17.7 Å². The van der Waals surface area contributed by atoms with Crippen LogP contribution in [-0.4, -0.2) is 386 Å². The summed E-state index contributed by atoms with van der Waals surface area (Å²) in [6.45, 7) is -6.21. The molecular weight excluding hydrogens is 1260 g/mol. The van der Waals surface area contributed by atoms with Gasteiger partial charge >= 0.3 is 0 Å². The van der Waals surface area contributed by atoms with E-state index in [1.807, 2.05) is 0 Å². The maximum Gasteiger partial charge on any atom is 0.243 e. The van der Waals surface area contributed by atoms with E-state index in [4.69, 9.17) is 66.3 Å². The highest BCUT2D eigenvalue weighted by Crippen LogP contribution is 2.39. The summed E-state index contributed by atoms with van der Waals surface area (Å²) in [6.07, 6.45) is -72.8. The van der Waals surface area contributed by atoms with Crippen LogP contribution in [0.2, 0.25) is 0 Å². The quantitative estimate of drug-likeness (QED) is 0.0924. The molecule has 39 nitrogen and oxygen atoms in total. The Bertz CT molecular complexity index is 2490. The van der Waals surface area contributed by atoms with Gasteiger partial charge in [0, 0.05) is 19.9 Å². The molecule has 0 aliphatic carbocycles. The molecule has 92 heavy (non-hydrogen) atoms. The SMILES string of the molecule is CC(=O)NC(Cc1ccc(O)cc1)C(=O)NC[C@H]1O[C@@H]2O[C@H]3[C@H](O)[C@@H](O)[C@@H](O[C@H]4[C@H](O)[C@@H](O)[C@@H](O[C@H]5[C@H](O)[C@@H](O)[C@@H](O[C@H]6[C@H](O)[C@@H](O)[C@@H](O[C@H]7[C@H](O)[C@@H](O)[C@@H](O[C@H]8[C@H](O)[C@@H](O)[C@@H](O[C@H]1[C@H](O)[C@H]2O)O[C@@H]8CO)O[C@@H]7CO)O[C@@H]6CO)O[C@@H]5CO)O[C@@H]4CO)O[C@@H]3CO. The van der Waals surface area contributed by atoms with Crippen LogP contribution in [0.1, 0.15) is 12.5 Å². The van der Waals surface area contributed by atoms with Gasteiger partial charge in [-0.25, -0.2) is 0 Å². The Morgan fingerprint density at radius 2 is 0.565 bits per heavy atom. The van der Waals surface area contributed by atoms with Crippen molar-refractivity contribution in [1.82, 2.24) is 10.6 Å². The molecule has 21 fully saturated rings. The Morgan fingerprint density at radius 3 is 0.783 bits per heavy atom. The van der Waals surface area contributed by atoms with Crippen molar-refractivity contribution in [2.75, 3.05) is 46.2 Å². The summed E-state index contributed by atoms with van der Waals surface area (Å²) in [5.74, 6) is -1.69. The number of aliphatic hydroxyl groups excluding tert-OH is 20. The topological polar surface area (TPSA) is 612 Å². The van der Waals surface area contributed by atoms with Gasteiger partial charge in [0.05, 0.1) is 39.6 Å². The lowest BCUT2D eigenvalue weighted by Gasteiger charge is -2.50. The number of aromatic hydroxyl groups is 1. The highest BCUT2D eigenvalue weighted by molar-refractivity contribution is 5.87. The van der Waals surface area contributed by atoms with Crippen LogP contribution in [-0.2, 0) is 82.3 Å². The van der Waals surface area contributed by atoms with E-state index in [1.54, 1.807) is 0 Å². The Kier molecular flexibility index (Phi) is 24.9. The summed E-state index contributed by atoms with van der Waals surface area (Å²) in [4.78, 5) is 26.3. The average Bonchev–Trinajstić information content (AvgIpc) is 0.800. The Balaban J connectivity index is 1.02. The number of nitrogens with one attached hydrogen (secondary N) is 2. The average molecular weight is 1340 g/mol. The first-order chi connectivity index (χ1) is 43.8. The molecule has 36 atom stereocenters. The van der Waals surface area contributed by atoms with Crippen molar-refractivity contribution in [1.29, 1.82) is 0 Å². The van der Waals surface area contributed by atoms with E-state index < -0.39 is 279 Å². The molecule has 21 aliphatic rings. The molecule has 2 amide bonds. The first-order valence-electron chi connectivity index (χ1n) is 29.4. The number of carbonyl (C=O) groups excluding carboxylic acids is 2. The van der Waals surface area contributed by atoms with Crippen LogP contribution in [0.15, 0.2) is 24.3 Å². The predicted octanol–water partition coefficient (Wildman–Crippen LogP) is -14.7. The predicted molar refractivity (Wildman–Crippen MR) is 284 cm³/mol. The van der Waals surface area contributed by atoms with E-state index in [-0.39, 0.29) is 12.2 Å². The second-order valence-electron chi connectivity index (χ2n) is 23.3. The number of amides is 2. The van der Waals surface area contributed by atoms with Crippen LogP contribution in [0.25, 0.3) is 0 Å². The van der Waals surface area contributed by atoms with Gasteiger partial charge in [-0.2, -0.15) is 0 Å². The molecule has 1 aromatic carbocycles. The molecule has 0 aromatic heterocycles. The van der Waals surface area contributed by atoms with E-state index in [0.29, 0.717) is 5.56 Å². The number of ether oxygens (including phenoxy) is 14. The molecule has 0 radical (unpaired) electrons. The fourth-order valence-electron chi connectivity index (χ4n) is 12.1. The molecular formula is C53H82N2O37. The molecule has 526 valence electrons. The number of carbonyl (C=O) groups is 2. The number of benzene rings is 1. The maximum absolute atomic E-state index is 14.0. The molecule has 39 heteroatoms. The number of phenolic OH excluding ortho intramolecular Hbond substituents is 1. The lowest BCUT2D eigenvalue weighted by atomic mass is 9.95. The van der Waals surface area contributed by atoms with E-state index in [1.165, 1.54) is 24.3 Å². The summed E-state index contributed by atoms with van der Waals surface area (Å²) in [6, 6.07) is 4.22. The van der Waals surface area contributed by atoms with Crippen molar-refractivity contribution in [3.63, 3.8) is 0 Å². The summed E-state index contributed by atoms with van der Waals surface area (Å²) in [5, 5.41) is 239. The second kappa shape index (κ2) is 31.4. The van der Waals surface area contributed by atoms with E-state index >= 15 is 0 Å². The van der Waals surface area contributed by atoms with Crippen LogP contribution in [0.3, 0.4) is 0 Å². The lowest BCUT2D eigenvalue weighted by molar-refractivity contribution is -0.396. The van der Waals surface area contributed by atoms with Gasteiger partial charge in [-0.3, -0.25) is 9.59 Å². The standard InChI is InChI=1S/C53H82N2O37/c1-14(62)55-17(6-15-2-4-16(63)5-3-15)46(78)54-7-18-39-25(64)32(71)47(79-18)87-40-19(8-56)81-49(34(73)27(40)66)89-42-21(10-58)83-51(36(75)29(42)68)91-44-23(12-60)85-53(38(77)31(44)70)92-45-24(13-61)84-52(37(76)30(45)69)90-43-22(11-59)82-50(35(74)28(43)67)88-41-20(9-57)80-48(86-39)33(72)26(41)65/h2-5,17-45,47-53,56-61,63-77H,6-13H2,1H3,(H,54,78)(H,55,62)/t17?,18-,19-,20-,21-,22-,23-,24-,25-,26-,27-,28-,29-,30-,31-,32-,33-,34-,35-,36-,37-,38-,39-,40-,41-,42-,43-,44-,45-,47-,48-,49-,50-,51-,52-,53-/m1/s1. The zero-order valence-corrected chi connectivity index (χ0v) is 48.7. The second-order valence-corrected chi connectivity index (χ2v) is 23.3. The first kappa shape index (κ1) is 72.9. The van der Waals surface area contributed by atoms with Gasteiger partial charge in [-0.1, -0.05) is 12.1 Å². The van der Waals surface area contributed by atoms with Crippen molar-refractivity contribution in [2.24, 2.45) is 0 Å². The minimum Gasteiger partial charge on any atom is -0.508 e. The third kappa shape index (κ3) is 15.3. The molecule has 22 rings (SSSR count). The number of hydrogen-bond acceptors (Lipinski definition) is 37. The van der Waals surface area contributed by atoms with Gasteiger partial charge in [0.1, 0.15) is 183 Å². The molecule has 21 heterocycles. The van der Waals surface area contributed by atoms with Crippen LogP contribution >= 0.6 is 0 Å². The van der Waals surface area contributed by atoms with Crippen molar-refractivity contribution in [2.45, 2.75) is 234 Å². The fourth-order valence-corrected chi connectivity index (χ4v) is 12.1. The normalized spacial score (nSPS) is 48.4. The Morgan fingerprint density at radius 1 is 0.348 bits per heavy atom. The highest BCUT2D eigenvalue weighted by atomic mass is 16.8. The van der Waals surface area contributed by atoms with Gasteiger partial charge in [0.2, 0.25) is 11.8 Å². The van der Waals surface area contributed by atoms with E-state index in [2.05, 4.69) is 10.6 Å². The summed E-state index contributed by atoms with van der Waals surface area (Å²) in [7, 11) is 0. The van der Waals surface area contributed by atoms with Gasteiger partial charge in [-0.15, -0.1) is 0 Å². The van der Waals surface area contributed by atoms with E-state index in [9.17, 15) is 117 Å². The molecule has 1 unspecified atom stereocenters. The zero-order chi connectivity index (χ0) is 66.9. The van der Waals surface area contributed by atoms with Crippen molar-refractivity contribution < 1.29 is 183 Å². The smallest absolute Gasteiger partial charge is 0.243 e. The molecule has 21 aliphatic heterocycles. The Labute approximate surface area is 520 Å². The third-order valence-corrected chi connectivity index (χ3v) is 17.2. The lowest BCUT2D eigenvalue weighted by Crippen LogP contribution is -2.68. The summed E-state index contributed by atoms with van der Waals surface area (Å²) < 4.78 is 81.1. The van der Waals surface area contributed by atoms with Gasteiger partial charge in [0.15, 0.2) is 44.0 Å². The largest absolute Gasteiger partial charge is 0.508 e. The van der Waals surface area contributed by atoms with Crippen LogP contribution in [0.5, 0.6) is 5.75 Å². The molecule has 14 bridgehead atoms. The monoisotopic (exact) mass is 1340 g/mol. The molecule has 0 saturated carbocycles. The van der Waals surface area contributed by atoms with Crippen LogP contribution in [0, 0.1) is 0 Å². The summed E-state index contributed by atoms with van der Waals surface area (Å²) in [5.41, 5.74) is 0.450. The zero-order valence-electron chi connectivity index (χ0n) is 48.7. The molecule has 21 saturated heterocycles. The number of aliphatic hydroxyl groups is 20. The van der Waals surface area contributed by atoms with Crippen LogP contribution in [0.4, 0.5) is 0 Å². The molecule has 23 N–H and O–H groups in total. The van der Waals surface area contributed by atoms with Crippen molar-refractivity contribution >= 4 is 11.8 Å². The van der Waals surface area contributed by atoms with Crippen molar-refractivity contribution in [3.8, 4) is 5.75 Å². The minimum atomic E-state index is -2.33. The number of phenols is 1. The van der Waals surface area contributed by atoms with E-state index in [0.717, 1.165) is 6.92 Å². The first-order valence-corrected chi connectivity index (χ1v) is 29.4.